The van der Waals surface area contributed by atoms with Crippen LogP contribution >= 0.6 is 0 Å². The van der Waals surface area contributed by atoms with E-state index < -0.39 is 24.3 Å². The molecule has 0 fully saturated rings. The molecule has 3 N–H and O–H groups in total. The van der Waals surface area contributed by atoms with Crippen LogP contribution in [0.3, 0.4) is 0 Å². The van der Waals surface area contributed by atoms with Gasteiger partial charge >= 0.3 is 12.5 Å². The predicted octanol–water partition coefficient (Wildman–Crippen LogP) is 4.49. The highest BCUT2D eigenvalue weighted by atomic mass is 19.4. The normalized spacial score (nSPS) is 12.2. The number of ether oxygens (including phenoxy) is 3. The molecule has 11 heteroatoms. The van der Waals surface area contributed by atoms with Gasteiger partial charge in [-0.25, -0.2) is 9.78 Å². The summed E-state index contributed by atoms with van der Waals surface area (Å²) >= 11 is 0. The standard InChI is InChI=1S/C21H24F3N3O5/c1-12(2)8-16(31-20(25)29)11-30-17-5-4-14(9-18(17)32-21(22,23)24)15-6-7-26-19(10-15)27-13(3)28/h4-7,9-10,12,16H,8,11H2,1-3H3,(H2,25,29)(H,26,27,28)/t16-/m0/s1. The Morgan fingerprint density at radius 2 is 1.81 bits per heavy atom. The molecule has 2 aromatic rings. The van der Waals surface area contributed by atoms with Crippen LogP contribution < -0.4 is 20.5 Å². The minimum absolute atomic E-state index is 0.126. The van der Waals surface area contributed by atoms with Crippen LogP contribution in [0, 0.1) is 5.92 Å². The molecule has 0 aliphatic carbocycles. The van der Waals surface area contributed by atoms with E-state index in [2.05, 4.69) is 15.0 Å². The first-order chi connectivity index (χ1) is 14.9. The average Bonchev–Trinajstić information content (AvgIpc) is 2.64. The van der Waals surface area contributed by atoms with Crippen LogP contribution in [0.25, 0.3) is 11.1 Å². The second-order valence-corrected chi connectivity index (χ2v) is 7.32. The van der Waals surface area contributed by atoms with Gasteiger partial charge in [0.1, 0.15) is 18.5 Å². The number of nitrogens with zero attached hydrogens (tertiary/aromatic N) is 1. The number of rotatable bonds is 9. The zero-order valence-corrected chi connectivity index (χ0v) is 17.7. The number of primary amides is 1. The molecule has 32 heavy (non-hydrogen) atoms. The van der Waals surface area contributed by atoms with Gasteiger partial charge in [0.15, 0.2) is 11.5 Å². The van der Waals surface area contributed by atoms with E-state index in [-0.39, 0.29) is 30.0 Å². The second-order valence-electron chi connectivity index (χ2n) is 7.32. The van der Waals surface area contributed by atoms with Crippen molar-refractivity contribution >= 4 is 17.8 Å². The second kappa shape index (κ2) is 10.7. The molecule has 0 aliphatic heterocycles. The molecular formula is C21H24F3N3O5. The van der Waals surface area contributed by atoms with Crippen LogP contribution in [0.1, 0.15) is 27.2 Å². The van der Waals surface area contributed by atoms with E-state index in [1.54, 1.807) is 6.07 Å². The molecule has 1 aromatic heterocycles. The van der Waals surface area contributed by atoms with Crippen LogP contribution in [0.5, 0.6) is 11.5 Å². The summed E-state index contributed by atoms with van der Waals surface area (Å²) in [4.78, 5) is 26.3. The van der Waals surface area contributed by atoms with Crippen LogP contribution in [0.4, 0.5) is 23.8 Å². The number of hydrogen-bond donors (Lipinski definition) is 2. The first-order valence-electron chi connectivity index (χ1n) is 9.65. The van der Waals surface area contributed by atoms with Crippen molar-refractivity contribution < 1.29 is 37.0 Å². The van der Waals surface area contributed by atoms with Gasteiger partial charge in [-0.2, -0.15) is 0 Å². The molecule has 0 spiro atoms. The summed E-state index contributed by atoms with van der Waals surface area (Å²) in [6.45, 7) is 4.86. The summed E-state index contributed by atoms with van der Waals surface area (Å²) in [7, 11) is 0. The van der Waals surface area contributed by atoms with Gasteiger partial charge in [0.25, 0.3) is 0 Å². The molecule has 1 aromatic carbocycles. The number of nitrogens with two attached hydrogens (primary N) is 1. The topological polar surface area (TPSA) is 113 Å². The Bertz CT molecular complexity index is 951. The fourth-order valence-electron chi connectivity index (χ4n) is 2.89. The molecule has 2 rings (SSSR count). The van der Waals surface area contributed by atoms with E-state index in [9.17, 15) is 22.8 Å². The number of alkyl halides is 3. The SMILES string of the molecule is CC(=O)Nc1cc(-c2ccc(OC[C@H](CC(C)C)OC(N)=O)c(OC(F)(F)F)c2)ccn1. The van der Waals surface area contributed by atoms with Crippen molar-refractivity contribution in [3.8, 4) is 22.6 Å². The lowest BCUT2D eigenvalue weighted by molar-refractivity contribution is -0.275. The highest BCUT2D eigenvalue weighted by molar-refractivity contribution is 5.88. The zero-order chi connectivity index (χ0) is 23.9. The van der Waals surface area contributed by atoms with Gasteiger partial charge in [-0.3, -0.25) is 4.79 Å². The van der Waals surface area contributed by atoms with Crippen LogP contribution in [-0.2, 0) is 9.53 Å². The minimum atomic E-state index is -4.96. The summed E-state index contributed by atoms with van der Waals surface area (Å²) in [5.74, 6) is -0.734. The molecule has 0 bridgehead atoms. The number of hydrogen-bond acceptors (Lipinski definition) is 6. The van der Waals surface area contributed by atoms with Crippen molar-refractivity contribution in [3.05, 3.63) is 36.5 Å². The number of carbonyl (C=O) groups excluding carboxylic acids is 2. The van der Waals surface area contributed by atoms with Crippen molar-refractivity contribution in [2.45, 2.75) is 39.7 Å². The Kier molecular flexibility index (Phi) is 8.27. The van der Waals surface area contributed by atoms with Crippen molar-refractivity contribution in [2.24, 2.45) is 11.7 Å². The van der Waals surface area contributed by atoms with Gasteiger partial charge in [0.2, 0.25) is 5.91 Å². The lowest BCUT2D eigenvalue weighted by atomic mass is 10.1. The molecule has 0 unspecified atom stereocenters. The van der Waals surface area contributed by atoms with E-state index in [0.717, 1.165) is 6.07 Å². The number of pyridine rings is 1. The number of carbonyl (C=O) groups is 2. The lowest BCUT2D eigenvalue weighted by Gasteiger charge is -2.21. The minimum Gasteiger partial charge on any atom is -0.486 e. The summed E-state index contributed by atoms with van der Waals surface area (Å²) < 4.78 is 53.6. The van der Waals surface area contributed by atoms with E-state index in [1.165, 1.54) is 31.3 Å². The maximum absolute atomic E-state index is 13.0. The lowest BCUT2D eigenvalue weighted by Crippen LogP contribution is -2.29. The molecule has 1 heterocycles. The van der Waals surface area contributed by atoms with Crippen LogP contribution in [0.15, 0.2) is 36.5 Å². The van der Waals surface area contributed by atoms with E-state index >= 15 is 0 Å². The molecule has 0 aliphatic rings. The van der Waals surface area contributed by atoms with E-state index in [1.807, 2.05) is 13.8 Å². The monoisotopic (exact) mass is 455 g/mol. The van der Waals surface area contributed by atoms with Crippen molar-refractivity contribution in [2.75, 3.05) is 11.9 Å². The third kappa shape index (κ3) is 8.32. The number of amides is 2. The fourth-order valence-corrected chi connectivity index (χ4v) is 2.89. The number of anilines is 1. The van der Waals surface area contributed by atoms with Gasteiger partial charge < -0.3 is 25.3 Å². The molecule has 2 amide bonds. The Morgan fingerprint density at radius 1 is 1.12 bits per heavy atom. The number of benzene rings is 1. The summed E-state index contributed by atoms with van der Waals surface area (Å²) in [5.41, 5.74) is 5.93. The Morgan fingerprint density at radius 3 is 2.41 bits per heavy atom. The maximum atomic E-state index is 13.0. The van der Waals surface area contributed by atoms with Crippen LogP contribution in [0.2, 0.25) is 0 Å². The van der Waals surface area contributed by atoms with E-state index in [4.69, 9.17) is 15.2 Å². The Labute approximate surface area is 182 Å². The summed E-state index contributed by atoms with van der Waals surface area (Å²) in [6, 6.07) is 7.07. The maximum Gasteiger partial charge on any atom is 0.573 e. The van der Waals surface area contributed by atoms with Gasteiger partial charge in [-0.1, -0.05) is 19.9 Å². The van der Waals surface area contributed by atoms with Crippen LogP contribution in [-0.4, -0.2) is 36.1 Å². The highest BCUT2D eigenvalue weighted by Gasteiger charge is 2.33. The molecule has 174 valence electrons. The predicted molar refractivity (Wildman–Crippen MR) is 110 cm³/mol. The molecular weight excluding hydrogens is 431 g/mol. The molecule has 0 saturated heterocycles. The first-order valence-corrected chi connectivity index (χ1v) is 9.65. The first kappa shape index (κ1) is 24.8. The summed E-state index contributed by atoms with van der Waals surface area (Å²) in [6.07, 6.45) is -4.90. The number of aromatic nitrogens is 1. The van der Waals surface area contributed by atoms with Gasteiger partial charge in [-0.15, -0.1) is 13.2 Å². The van der Waals surface area contributed by atoms with Crippen molar-refractivity contribution in [1.29, 1.82) is 0 Å². The largest absolute Gasteiger partial charge is 0.573 e. The smallest absolute Gasteiger partial charge is 0.486 e. The van der Waals surface area contributed by atoms with Crippen molar-refractivity contribution in [1.82, 2.24) is 4.98 Å². The van der Waals surface area contributed by atoms with Gasteiger partial charge in [0, 0.05) is 13.1 Å². The molecule has 0 radical (unpaired) electrons. The number of halogens is 3. The third-order valence-corrected chi connectivity index (χ3v) is 4.01. The Balaban J connectivity index is 2.32. The quantitative estimate of drug-likeness (QED) is 0.576. The van der Waals surface area contributed by atoms with Crippen molar-refractivity contribution in [3.63, 3.8) is 0 Å². The van der Waals surface area contributed by atoms with Gasteiger partial charge in [-0.05, 0) is 47.7 Å². The van der Waals surface area contributed by atoms with Gasteiger partial charge in [0.05, 0.1) is 0 Å². The summed E-state index contributed by atoms with van der Waals surface area (Å²) in [5, 5.41) is 2.51. The fraction of sp³-hybridized carbons (Fsp3) is 0.381. The molecule has 1 atom stereocenters. The average molecular weight is 455 g/mol. The number of nitrogens with one attached hydrogen (secondary N) is 1. The highest BCUT2D eigenvalue weighted by Crippen LogP contribution is 2.36. The third-order valence-electron chi connectivity index (χ3n) is 4.01. The molecule has 8 nitrogen and oxygen atoms in total. The Hall–Kier alpha value is -3.50. The van der Waals surface area contributed by atoms with E-state index in [0.29, 0.717) is 17.5 Å². The molecule has 0 saturated carbocycles. The zero-order valence-electron chi connectivity index (χ0n) is 17.7.